The predicted molar refractivity (Wildman–Crippen MR) is 81.5 cm³/mol. The van der Waals surface area contributed by atoms with Crippen molar-refractivity contribution in [2.24, 2.45) is 7.05 Å². The molecule has 0 saturated heterocycles. The van der Waals surface area contributed by atoms with Crippen molar-refractivity contribution in [2.75, 3.05) is 0 Å². The number of aryl methyl sites for hydroxylation is 3. The molecule has 2 rings (SSSR count). The lowest BCUT2D eigenvalue weighted by molar-refractivity contribution is 0.505. The maximum atomic E-state index is 4.58. The number of hydrogen-bond donors (Lipinski definition) is 1. The van der Waals surface area contributed by atoms with Crippen molar-refractivity contribution in [1.82, 2.24) is 14.9 Å². The zero-order chi connectivity index (χ0) is 13.7. The molecule has 3 nitrogen and oxygen atoms in total. The molecule has 0 amide bonds. The minimum absolute atomic E-state index is 0.515. The molecule has 0 aliphatic carbocycles. The van der Waals surface area contributed by atoms with Crippen molar-refractivity contribution in [3.05, 3.63) is 40.1 Å². The number of rotatable bonds is 7. The fourth-order valence-electron chi connectivity index (χ4n) is 2.09. The van der Waals surface area contributed by atoms with E-state index in [9.17, 15) is 0 Å². The molecule has 19 heavy (non-hydrogen) atoms. The summed E-state index contributed by atoms with van der Waals surface area (Å²) in [6.45, 7) is 5.28. The fraction of sp³-hybridized carbons (Fsp3) is 0.533. The summed E-state index contributed by atoms with van der Waals surface area (Å²) < 4.78 is 2.20. The third kappa shape index (κ3) is 4.18. The lowest BCUT2D eigenvalue weighted by Gasteiger charge is -2.13. The zero-order valence-corrected chi connectivity index (χ0v) is 12.8. The smallest absolute Gasteiger partial charge is 0.0926 e. The van der Waals surface area contributed by atoms with E-state index in [1.807, 2.05) is 0 Å². The maximum Gasteiger partial charge on any atom is 0.0926 e. The average molecular weight is 277 g/mol. The third-order valence-electron chi connectivity index (χ3n) is 3.42. The summed E-state index contributed by atoms with van der Waals surface area (Å²) in [4.78, 5) is 4.58. The number of aromatic nitrogens is 2. The summed E-state index contributed by atoms with van der Waals surface area (Å²) in [5.41, 5.74) is 2.57. The van der Waals surface area contributed by atoms with Crippen LogP contribution in [-0.4, -0.2) is 15.6 Å². The van der Waals surface area contributed by atoms with Crippen LogP contribution in [0, 0.1) is 0 Å². The van der Waals surface area contributed by atoms with Gasteiger partial charge in [0.25, 0.3) is 0 Å². The van der Waals surface area contributed by atoms with E-state index in [2.05, 4.69) is 59.5 Å². The van der Waals surface area contributed by atoms with Crippen LogP contribution in [-0.2, 0) is 26.4 Å². The molecule has 0 aliphatic rings. The summed E-state index contributed by atoms with van der Waals surface area (Å²) in [6, 6.07) is 4.82. The summed E-state index contributed by atoms with van der Waals surface area (Å²) >= 11 is 1.76. The van der Waals surface area contributed by atoms with Gasteiger partial charge in [0.05, 0.1) is 10.7 Å². The standard InChI is InChI=1S/C15H23N3S/c1-4-15-17-13(11-19-15)10-16-12(2)7-8-14-6-5-9-18(14)3/h5-6,9,11-12,16H,4,7-8,10H2,1-3H3/t12-/m0/s1. The normalized spacial score (nSPS) is 12.8. The van der Waals surface area contributed by atoms with Crippen LogP contribution in [0.1, 0.15) is 36.7 Å². The molecule has 2 aromatic heterocycles. The summed E-state index contributed by atoms with van der Waals surface area (Å²) in [5, 5.41) is 6.95. The van der Waals surface area contributed by atoms with Crippen LogP contribution in [0.3, 0.4) is 0 Å². The van der Waals surface area contributed by atoms with Crippen LogP contribution >= 0.6 is 11.3 Å². The molecule has 1 N–H and O–H groups in total. The highest BCUT2D eigenvalue weighted by Crippen LogP contribution is 2.11. The summed E-state index contributed by atoms with van der Waals surface area (Å²) in [7, 11) is 2.11. The molecule has 2 aromatic rings. The molecule has 0 spiro atoms. The second-order valence-corrected chi connectivity index (χ2v) is 5.96. The lowest BCUT2D eigenvalue weighted by Crippen LogP contribution is -2.26. The quantitative estimate of drug-likeness (QED) is 0.842. The third-order valence-corrected chi connectivity index (χ3v) is 4.46. The van der Waals surface area contributed by atoms with Crippen LogP contribution in [0.2, 0.25) is 0 Å². The molecule has 0 fully saturated rings. The van der Waals surface area contributed by atoms with E-state index in [0.717, 1.165) is 25.8 Å². The van der Waals surface area contributed by atoms with Gasteiger partial charge in [-0.1, -0.05) is 6.92 Å². The number of thiazole rings is 1. The van der Waals surface area contributed by atoms with Crippen LogP contribution in [0.25, 0.3) is 0 Å². The Morgan fingerprint density at radius 2 is 2.32 bits per heavy atom. The first kappa shape index (κ1) is 14.3. The van der Waals surface area contributed by atoms with E-state index >= 15 is 0 Å². The maximum absolute atomic E-state index is 4.58. The molecule has 0 aliphatic heterocycles. The number of nitrogens with one attached hydrogen (secondary N) is 1. The van der Waals surface area contributed by atoms with Gasteiger partial charge in [0.1, 0.15) is 0 Å². The highest BCUT2D eigenvalue weighted by molar-refractivity contribution is 7.09. The van der Waals surface area contributed by atoms with E-state index in [1.165, 1.54) is 16.4 Å². The van der Waals surface area contributed by atoms with Gasteiger partial charge in [-0.05, 0) is 38.3 Å². The van der Waals surface area contributed by atoms with Crippen LogP contribution in [0.5, 0.6) is 0 Å². The van der Waals surface area contributed by atoms with Gasteiger partial charge in [-0.3, -0.25) is 0 Å². The fourth-order valence-corrected chi connectivity index (χ4v) is 2.84. The van der Waals surface area contributed by atoms with Gasteiger partial charge in [-0.25, -0.2) is 4.98 Å². The topological polar surface area (TPSA) is 29.9 Å². The Balaban J connectivity index is 1.72. The molecule has 0 radical (unpaired) electrons. The van der Waals surface area contributed by atoms with Crippen molar-refractivity contribution in [3.63, 3.8) is 0 Å². The van der Waals surface area contributed by atoms with Crippen LogP contribution in [0.15, 0.2) is 23.7 Å². The van der Waals surface area contributed by atoms with Crippen molar-refractivity contribution in [3.8, 4) is 0 Å². The largest absolute Gasteiger partial charge is 0.354 e. The Morgan fingerprint density at radius 3 is 2.95 bits per heavy atom. The second-order valence-electron chi connectivity index (χ2n) is 5.02. The molecular formula is C15H23N3S. The number of hydrogen-bond acceptors (Lipinski definition) is 3. The Morgan fingerprint density at radius 1 is 1.47 bits per heavy atom. The SMILES string of the molecule is CCc1nc(CN[C@@H](C)CCc2cccn2C)cs1. The molecule has 4 heteroatoms. The van der Waals surface area contributed by atoms with E-state index in [4.69, 9.17) is 0 Å². The number of nitrogens with zero attached hydrogens (tertiary/aromatic N) is 2. The van der Waals surface area contributed by atoms with Gasteiger partial charge < -0.3 is 9.88 Å². The van der Waals surface area contributed by atoms with Crippen molar-refractivity contribution < 1.29 is 0 Å². The van der Waals surface area contributed by atoms with Crippen molar-refractivity contribution >= 4 is 11.3 Å². The highest BCUT2D eigenvalue weighted by atomic mass is 32.1. The molecule has 1 atom stereocenters. The second kappa shape index (κ2) is 6.87. The van der Waals surface area contributed by atoms with E-state index in [1.54, 1.807) is 11.3 Å². The summed E-state index contributed by atoms with van der Waals surface area (Å²) in [6.07, 6.45) is 5.42. The molecule has 0 aromatic carbocycles. The monoisotopic (exact) mass is 277 g/mol. The van der Waals surface area contributed by atoms with Gasteiger partial charge in [-0.2, -0.15) is 0 Å². The molecule has 0 saturated carbocycles. The Kier molecular flexibility index (Phi) is 5.16. The molecular weight excluding hydrogens is 254 g/mol. The first-order valence-corrected chi connectivity index (χ1v) is 7.84. The Bertz CT molecular complexity index is 501. The lowest BCUT2D eigenvalue weighted by atomic mass is 10.1. The van der Waals surface area contributed by atoms with Gasteiger partial charge >= 0.3 is 0 Å². The minimum atomic E-state index is 0.515. The minimum Gasteiger partial charge on any atom is -0.354 e. The zero-order valence-electron chi connectivity index (χ0n) is 12.0. The van der Waals surface area contributed by atoms with Crippen LogP contribution < -0.4 is 5.32 Å². The van der Waals surface area contributed by atoms with Gasteiger partial charge in [0.2, 0.25) is 0 Å². The average Bonchev–Trinajstić information content (AvgIpc) is 3.02. The Labute approximate surface area is 119 Å². The van der Waals surface area contributed by atoms with Gasteiger partial charge in [-0.15, -0.1) is 11.3 Å². The molecule has 0 unspecified atom stereocenters. The van der Waals surface area contributed by atoms with Crippen LogP contribution in [0.4, 0.5) is 0 Å². The molecule has 104 valence electrons. The Hall–Kier alpha value is -1.13. The van der Waals surface area contributed by atoms with E-state index in [-0.39, 0.29) is 0 Å². The van der Waals surface area contributed by atoms with Gasteiger partial charge in [0, 0.05) is 36.9 Å². The summed E-state index contributed by atoms with van der Waals surface area (Å²) in [5.74, 6) is 0. The van der Waals surface area contributed by atoms with Gasteiger partial charge in [0.15, 0.2) is 0 Å². The first-order chi connectivity index (χ1) is 9.19. The van der Waals surface area contributed by atoms with Crippen molar-refractivity contribution in [1.29, 1.82) is 0 Å². The first-order valence-electron chi connectivity index (χ1n) is 6.96. The highest BCUT2D eigenvalue weighted by Gasteiger charge is 2.06. The van der Waals surface area contributed by atoms with Crippen molar-refractivity contribution in [2.45, 2.75) is 45.7 Å². The molecule has 2 heterocycles. The predicted octanol–water partition coefficient (Wildman–Crippen LogP) is 3.15. The molecule has 0 bridgehead atoms. The van der Waals surface area contributed by atoms with E-state index in [0.29, 0.717) is 6.04 Å². The van der Waals surface area contributed by atoms with E-state index < -0.39 is 0 Å².